The molecule has 4 rings (SSSR count). The van der Waals surface area contributed by atoms with Crippen LogP contribution in [0.5, 0.6) is 0 Å². The van der Waals surface area contributed by atoms with Gasteiger partial charge in [-0.25, -0.2) is 4.98 Å². The van der Waals surface area contributed by atoms with Gasteiger partial charge in [0.1, 0.15) is 0 Å². The van der Waals surface area contributed by atoms with Crippen molar-refractivity contribution in [3.05, 3.63) is 57.7 Å². The summed E-state index contributed by atoms with van der Waals surface area (Å²) in [5.74, 6) is -0.513. The molecule has 3 aromatic rings. The number of hydrogen-bond acceptors (Lipinski definition) is 5. The number of nitrogens with zero attached hydrogens (tertiary/aromatic N) is 2. The Labute approximate surface area is 169 Å². The summed E-state index contributed by atoms with van der Waals surface area (Å²) in [4.78, 5) is 32.0. The highest BCUT2D eigenvalue weighted by Crippen LogP contribution is 2.33. The molecule has 1 unspecified atom stereocenters. The van der Waals surface area contributed by atoms with E-state index in [1.165, 1.54) is 22.7 Å². The van der Waals surface area contributed by atoms with E-state index in [0.717, 1.165) is 16.1 Å². The highest BCUT2D eigenvalue weighted by atomic mass is 35.5. The molecule has 1 fully saturated rings. The van der Waals surface area contributed by atoms with E-state index in [1.807, 2.05) is 47.8 Å². The molecule has 2 amide bonds. The molecule has 1 N–H and O–H groups in total. The largest absolute Gasteiger partial charge is 0.338 e. The number of likely N-dealkylation sites (tertiary alicyclic amines) is 1. The van der Waals surface area contributed by atoms with Gasteiger partial charge in [0.2, 0.25) is 11.8 Å². The van der Waals surface area contributed by atoms with E-state index in [2.05, 4.69) is 10.3 Å². The lowest BCUT2D eigenvalue weighted by atomic mass is 10.1. The molecule has 1 atom stereocenters. The number of anilines is 1. The fraction of sp³-hybridized carbons (Fsp3) is 0.211. The number of benzene rings is 1. The lowest BCUT2D eigenvalue weighted by Crippen LogP contribution is -2.28. The van der Waals surface area contributed by atoms with Crippen molar-refractivity contribution in [2.75, 3.05) is 11.9 Å². The lowest BCUT2D eigenvalue weighted by molar-refractivity contribution is -0.128. The molecule has 1 aliphatic rings. The maximum atomic E-state index is 12.6. The molecule has 0 radical (unpaired) electrons. The molecule has 5 nitrogen and oxygen atoms in total. The van der Waals surface area contributed by atoms with Crippen molar-refractivity contribution in [2.24, 2.45) is 5.92 Å². The van der Waals surface area contributed by atoms with Gasteiger partial charge in [0, 0.05) is 24.9 Å². The van der Waals surface area contributed by atoms with E-state index < -0.39 is 0 Å². The minimum absolute atomic E-state index is 0.00654. The van der Waals surface area contributed by atoms with Crippen LogP contribution in [0.2, 0.25) is 4.34 Å². The standard InChI is InChI=1S/C19H16ClN3O2S2/c20-16-7-6-15(27-16)14-11-26-19(21-14)22-18(25)13-8-17(24)23(10-13)9-12-4-2-1-3-5-12/h1-7,11,13H,8-10H2,(H,21,22,25). The van der Waals surface area contributed by atoms with E-state index in [4.69, 9.17) is 11.6 Å². The third-order valence-corrected chi connectivity index (χ3v) is 6.37. The van der Waals surface area contributed by atoms with Crippen molar-refractivity contribution in [1.29, 1.82) is 0 Å². The second-order valence-electron chi connectivity index (χ2n) is 6.29. The van der Waals surface area contributed by atoms with Gasteiger partial charge in [-0.3, -0.25) is 9.59 Å². The van der Waals surface area contributed by atoms with E-state index in [1.54, 1.807) is 4.90 Å². The third-order valence-electron chi connectivity index (χ3n) is 4.36. The molecule has 0 bridgehead atoms. The van der Waals surface area contributed by atoms with Gasteiger partial charge in [0.25, 0.3) is 0 Å². The highest BCUT2D eigenvalue weighted by Gasteiger charge is 2.34. The maximum absolute atomic E-state index is 12.6. The van der Waals surface area contributed by atoms with Crippen LogP contribution in [0.15, 0.2) is 47.8 Å². The first-order valence-corrected chi connectivity index (χ1v) is 10.5. The van der Waals surface area contributed by atoms with E-state index in [9.17, 15) is 9.59 Å². The number of aromatic nitrogens is 1. The minimum atomic E-state index is -0.357. The first-order valence-electron chi connectivity index (χ1n) is 8.42. The Balaban J connectivity index is 1.37. The summed E-state index contributed by atoms with van der Waals surface area (Å²) in [5, 5.41) is 5.27. The molecule has 0 saturated carbocycles. The molecule has 1 saturated heterocycles. The third kappa shape index (κ3) is 4.21. The van der Waals surface area contributed by atoms with Gasteiger partial charge < -0.3 is 10.2 Å². The summed E-state index contributed by atoms with van der Waals surface area (Å²) in [6.07, 6.45) is 0.234. The Morgan fingerprint density at radius 1 is 1.26 bits per heavy atom. The van der Waals surface area contributed by atoms with Crippen LogP contribution in [0, 0.1) is 5.92 Å². The maximum Gasteiger partial charge on any atom is 0.231 e. The fourth-order valence-electron chi connectivity index (χ4n) is 3.01. The summed E-state index contributed by atoms with van der Waals surface area (Å²) >= 11 is 8.77. The van der Waals surface area contributed by atoms with Crippen LogP contribution < -0.4 is 5.32 Å². The SMILES string of the molecule is O=C(Nc1nc(-c2ccc(Cl)s2)cs1)C1CC(=O)N(Cc2ccccc2)C1. The monoisotopic (exact) mass is 417 g/mol. The number of hydrogen-bond donors (Lipinski definition) is 1. The second kappa shape index (κ2) is 7.80. The van der Waals surface area contributed by atoms with Crippen molar-refractivity contribution in [3.8, 4) is 10.6 Å². The van der Waals surface area contributed by atoms with Crippen LogP contribution in [0.1, 0.15) is 12.0 Å². The van der Waals surface area contributed by atoms with E-state index in [-0.39, 0.29) is 24.2 Å². The number of amides is 2. The van der Waals surface area contributed by atoms with Gasteiger partial charge in [-0.15, -0.1) is 22.7 Å². The molecule has 27 heavy (non-hydrogen) atoms. The number of thiophene rings is 1. The second-order valence-corrected chi connectivity index (χ2v) is 8.87. The highest BCUT2D eigenvalue weighted by molar-refractivity contribution is 7.20. The van der Waals surface area contributed by atoms with Crippen LogP contribution in [0.25, 0.3) is 10.6 Å². The Bertz CT molecular complexity index is 970. The Kier molecular flexibility index (Phi) is 5.24. The molecule has 8 heteroatoms. The quantitative estimate of drug-likeness (QED) is 0.664. The van der Waals surface area contributed by atoms with Crippen molar-refractivity contribution in [3.63, 3.8) is 0 Å². The number of carbonyl (C=O) groups is 2. The van der Waals surface area contributed by atoms with Crippen LogP contribution in [-0.4, -0.2) is 28.2 Å². The first-order chi connectivity index (χ1) is 13.1. The van der Waals surface area contributed by atoms with Crippen molar-refractivity contribution < 1.29 is 9.59 Å². The van der Waals surface area contributed by atoms with Crippen molar-refractivity contribution >= 4 is 51.2 Å². The average molecular weight is 418 g/mol. The summed E-state index contributed by atoms with van der Waals surface area (Å²) in [6, 6.07) is 13.5. The molecule has 1 aliphatic heterocycles. The summed E-state index contributed by atoms with van der Waals surface area (Å²) in [6.45, 7) is 0.961. The first kappa shape index (κ1) is 18.2. The van der Waals surface area contributed by atoms with Crippen LogP contribution >= 0.6 is 34.3 Å². The minimum Gasteiger partial charge on any atom is -0.338 e. The summed E-state index contributed by atoms with van der Waals surface area (Å²) in [7, 11) is 0. The number of rotatable bonds is 5. The predicted molar refractivity (Wildman–Crippen MR) is 109 cm³/mol. The Morgan fingerprint density at radius 3 is 2.81 bits per heavy atom. The van der Waals surface area contributed by atoms with Crippen LogP contribution in [-0.2, 0) is 16.1 Å². The zero-order chi connectivity index (χ0) is 18.8. The smallest absolute Gasteiger partial charge is 0.231 e. The van der Waals surface area contributed by atoms with Crippen molar-refractivity contribution in [1.82, 2.24) is 9.88 Å². The number of nitrogens with one attached hydrogen (secondary N) is 1. The molecule has 138 valence electrons. The lowest BCUT2D eigenvalue weighted by Gasteiger charge is -2.16. The molecular formula is C19H16ClN3O2S2. The molecule has 2 aromatic heterocycles. The molecule has 3 heterocycles. The number of carbonyl (C=O) groups excluding carboxylic acids is 2. The number of thiazole rings is 1. The van der Waals surface area contributed by atoms with Crippen LogP contribution in [0.3, 0.4) is 0 Å². The average Bonchev–Trinajstić information content (AvgIpc) is 3.37. The zero-order valence-electron chi connectivity index (χ0n) is 14.2. The van der Waals surface area contributed by atoms with Gasteiger partial charge in [-0.2, -0.15) is 0 Å². The Morgan fingerprint density at radius 2 is 2.07 bits per heavy atom. The normalized spacial score (nSPS) is 16.7. The molecule has 0 spiro atoms. The topological polar surface area (TPSA) is 62.3 Å². The Hall–Kier alpha value is -2.22. The van der Waals surface area contributed by atoms with Gasteiger partial charge in [-0.05, 0) is 17.7 Å². The van der Waals surface area contributed by atoms with E-state index in [0.29, 0.717) is 22.6 Å². The van der Waals surface area contributed by atoms with E-state index >= 15 is 0 Å². The predicted octanol–water partition coefficient (Wildman–Crippen LogP) is 4.51. The molecule has 1 aromatic carbocycles. The van der Waals surface area contributed by atoms with Gasteiger partial charge in [-0.1, -0.05) is 41.9 Å². The molecular weight excluding hydrogens is 402 g/mol. The van der Waals surface area contributed by atoms with Gasteiger partial charge in [0.05, 0.1) is 20.8 Å². The number of halogens is 1. The zero-order valence-corrected chi connectivity index (χ0v) is 16.6. The molecule has 0 aliphatic carbocycles. The van der Waals surface area contributed by atoms with Gasteiger partial charge in [0.15, 0.2) is 5.13 Å². The van der Waals surface area contributed by atoms with Gasteiger partial charge >= 0.3 is 0 Å². The van der Waals surface area contributed by atoms with Crippen LogP contribution in [0.4, 0.5) is 5.13 Å². The summed E-state index contributed by atoms with van der Waals surface area (Å²) < 4.78 is 0.701. The summed E-state index contributed by atoms with van der Waals surface area (Å²) in [5.41, 5.74) is 1.85. The fourth-order valence-corrected chi connectivity index (χ4v) is 4.80. The van der Waals surface area contributed by atoms with Crippen molar-refractivity contribution in [2.45, 2.75) is 13.0 Å².